The van der Waals surface area contributed by atoms with E-state index in [9.17, 15) is 0 Å². The fraction of sp³-hybridized carbons (Fsp3) is 0.250. The molecule has 3 aromatic rings. The van der Waals surface area contributed by atoms with E-state index in [1.807, 2.05) is 0 Å². The van der Waals surface area contributed by atoms with Gasteiger partial charge in [0, 0.05) is 0 Å². The second kappa shape index (κ2) is 12.1. The van der Waals surface area contributed by atoms with E-state index in [4.69, 9.17) is 14.7 Å². The van der Waals surface area contributed by atoms with Gasteiger partial charge in [0.1, 0.15) is 36.4 Å². The maximum atomic E-state index is 8.48. The lowest BCUT2D eigenvalue weighted by atomic mass is 10.2. The van der Waals surface area contributed by atoms with Crippen LogP contribution in [-0.2, 0) is 19.3 Å². The Morgan fingerprint density at radius 3 is 0.897 bits per heavy atom. The first-order valence-electron chi connectivity index (χ1n) is 9.81. The monoisotopic (exact) mass is 430 g/mol. The van der Waals surface area contributed by atoms with Crippen LogP contribution in [0.5, 0.6) is 0 Å². The number of hydrogen-bond donors (Lipinski definition) is 0. The molecule has 0 aromatic heterocycles. The highest BCUT2D eigenvalue weighted by molar-refractivity contribution is 7.33. The summed E-state index contributed by atoms with van der Waals surface area (Å²) in [5, 5.41) is 4.18. The lowest BCUT2D eigenvalue weighted by Gasteiger charge is -2.39. The normalized spacial score (nSPS) is 10.8. The van der Waals surface area contributed by atoms with Crippen LogP contribution in [0.15, 0.2) is 72.8 Å². The first kappa shape index (κ1) is 23.5. The van der Waals surface area contributed by atoms with Gasteiger partial charge in [-0.05, 0) is 72.4 Å². The third kappa shape index (κ3) is 7.22. The van der Waals surface area contributed by atoms with Gasteiger partial charge >= 0.3 is 15.1 Å². The van der Waals surface area contributed by atoms with E-state index in [0.717, 1.165) is 19.3 Å². The van der Waals surface area contributed by atoms with Crippen LogP contribution in [0, 0.1) is 9.99 Å². The molecule has 0 aliphatic rings. The Kier molecular flexibility index (Phi) is 9.80. The molecule has 0 heterocycles. The second-order valence-electron chi connectivity index (χ2n) is 6.52. The molecule has 3 rings (SSSR count). The van der Waals surface area contributed by atoms with E-state index < -0.39 is 8.60 Å². The van der Waals surface area contributed by atoms with Crippen molar-refractivity contribution in [3.8, 4) is 0 Å². The van der Waals surface area contributed by atoms with E-state index in [-0.39, 0.29) is 9.99 Å². The summed E-state index contributed by atoms with van der Waals surface area (Å²) in [6.45, 7) is 6.63. The molecule has 0 amide bonds. The van der Waals surface area contributed by atoms with Gasteiger partial charge < -0.3 is 23.3 Å². The number of halogens is 1. The largest absolute Gasteiger partial charge is 0.854 e. The molecular formula is C24H28ClO3P. The first-order valence-corrected chi connectivity index (χ1v) is 12.1. The highest BCUT2D eigenvalue weighted by Crippen LogP contribution is 2.34. The van der Waals surface area contributed by atoms with E-state index in [0.29, 0.717) is 0 Å². The maximum absolute atomic E-state index is 8.48. The third-order valence-electron chi connectivity index (χ3n) is 4.70. The quantitative estimate of drug-likeness (QED) is 0.560. The van der Waals surface area contributed by atoms with Gasteiger partial charge in [-0.25, -0.2) is 0 Å². The smallest absolute Gasteiger partial charge is 0.373 e. The summed E-state index contributed by atoms with van der Waals surface area (Å²) >= 11 is 0. The minimum Gasteiger partial charge on any atom is -0.854 e. The predicted molar refractivity (Wildman–Crippen MR) is 113 cm³/mol. The van der Waals surface area contributed by atoms with Gasteiger partial charge in [-0.15, -0.1) is 0 Å². The summed E-state index contributed by atoms with van der Waals surface area (Å²) in [5.74, 6) is 0. The molecule has 154 valence electrons. The Morgan fingerprint density at radius 2 is 0.724 bits per heavy atom. The zero-order chi connectivity index (χ0) is 21.2. The molecule has 5 heteroatoms. The lowest BCUT2D eigenvalue weighted by Crippen LogP contribution is -2.18. The van der Waals surface area contributed by atoms with Crippen LogP contribution in [0.4, 0.5) is 0 Å². The molecule has 0 aliphatic carbocycles. The summed E-state index contributed by atoms with van der Waals surface area (Å²) in [5.41, 5.74) is 4.19. The Hall–Kier alpha value is -1.74. The fourth-order valence-electron chi connectivity index (χ4n) is 2.99. The minimum absolute atomic E-state index is 0.0454. The van der Waals surface area contributed by atoms with Crippen LogP contribution < -0.4 is 14.7 Å². The summed E-state index contributed by atoms with van der Waals surface area (Å²) in [6.07, 6.45) is 3.26. The van der Waals surface area contributed by atoms with Crippen molar-refractivity contribution in [2.24, 2.45) is 0 Å². The topological polar surface area (TPSA) is 69.2 Å². The fourth-order valence-corrected chi connectivity index (χ4v) is 5.03. The van der Waals surface area contributed by atoms with Crippen molar-refractivity contribution < 1.29 is 24.7 Å². The molecule has 0 radical (unpaired) electrons. The Labute approximate surface area is 177 Å². The molecular weight excluding hydrogens is 403 g/mol. The van der Waals surface area contributed by atoms with Gasteiger partial charge in [-0.1, -0.05) is 20.8 Å². The molecule has 0 atom stereocenters. The van der Waals surface area contributed by atoms with Gasteiger partial charge in [0.2, 0.25) is 0 Å². The number of benzene rings is 3. The van der Waals surface area contributed by atoms with Crippen molar-refractivity contribution in [1.82, 2.24) is 0 Å². The van der Waals surface area contributed by atoms with Crippen molar-refractivity contribution in [3.05, 3.63) is 105 Å². The van der Waals surface area contributed by atoms with E-state index in [1.54, 1.807) is 0 Å². The van der Waals surface area contributed by atoms with Gasteiger partial charge in [0.15, 0.2) is 0 Å². The number of aryl methyl sites for hydroxylation is 3. The van der Waals surface area contributed by atoms with Gasteiger partial charge in [-0.2, -0.15) is 0 Å². The average molecular weight is 431 g/mol. The van der Waals surface area contributed by atoms with Crippen LogP contribution in [0.2, 0.25) is 15.1 Å². The summed E-state index contributed by atoms with van der Waals surface area (Å²) < 4.78 is 0. The minimum atomic E-state index is -3.37. The van der Waals surface area contributed by atoms with Crippen LogP contribution in [-0.4, -0.2) is 0 Å². The molecule has 0 aliphatic heterocycles. The molecule has 0 spiro atoms. The molecule has 3 aromatic carbocycles. The average Bonchev–Trinajstić information content (AvgIpc) is 2.75. The SMILES string of the molecule is CCc1ccc([ClH+3](c2ccc(CC)cc2)c2ccc(CC)cc2)cc1.[O-]P([O-])[O-]. The Bertz CT molecular complexity index is 731. The summed E-state index contributed by atoms with van der Waals surface area (Å²) in [4.78, 5) is 25.4. The molecule has 0 saturated heterocycles. The summed E-state index contributed by atoms with van der Waals surface area (Å²) in [6, 6.07) is 27.5. The first-order chi connectivity index (χ1) is 14.0. The van der Waals surface area contributed by atoms with Crippen molar-refractivity contribution in [2.75, 3.05) is 0 Å². The molecule has 0 N–H and O–H groups in total. The van der Waals surface area contributed by atoms with Gasteiger partial charge in [0.25, 0.3) is 0 Å². The molecule has 3 nitrogen and oxygen atoms in total. The van der Waals surface area contributed by atoms with E-state index in [2.05, 4.69) is 93.6 Å². The zero-order valence-corrected chi connectivity index (χ0v) is 18.8. The standard InChI is InChI=1S/C24H27Cl.O3P/c1-4-19-7-13-22(14-8-19)25(23-15-9-20(5-2)10-16-23)24-17-11-21(6-3)12-18-24;1-4(2)3/h7-18H,4-6H2,1-3H3;/q+3;-3. The van der Waals surface area contributed by atoms with Gasteiger partial charge in [-0.3, -0.25) is 9.99 Å². The van der Waals surface area contributed by atoms with Crippen LogP contribution in [0.25, 0.3) is 0 Å². The predicted octanol–water partition coefficient (Wildman–Crippen LogP) is 3.67. The number of rotatable bonds is 6. The highest BCUT2D eigenvalue weighted by Gasteiger charge is 2.31. The van der Waals surface area contributed by atoms with Crippen molar-refractivity contribution in [2.45, 2.75) is 40.0 Å². The molecule has 0 bridgehead atoms. The van der Waals surface area contributed by atoms with Crippen molar-refractivity contribution >= 4 is 8.60 Å². The van der Waals surface area contributed by atoms with E-state index in [1.165, 1.54) is 31.8 Å². The molecule has 0 saturated carbocycles. The molecule has 0 fully saturated rings. The number of hydrogen-bond acceptors (Lipinski definition) is 3. The highest BCUT2D eigenvalue weighted by atomic mass is 35.6. The summed E-state index contributed by atoms with van der Waals surface area (Å²) in [7, 11) is -3.42. The second-order valence-corrected chi connectivity index (χ2v) is 9.00. The van der Waals surface area contributed by atoms with Crippen molar-refractivity contribution in [3.63, 3.8) is 0 Å². The molecule has 0 unspecified atom stereocenters. The van der Waals surface area contributed by atoms with Crippen LogP contribution >= 0.6 is 8.60 Å². The van der Waals surface area contributed by atoms with E-state index >= 15 is 0 Å². The van der Waals surface area contributed by atoms with Crippen molar-refractivity contribution in [1.29, 1.82) is 0 Å². The lowest BCUT2D eigenvalue weighted by molar-refractivity contribution is -0.753. The maximum Gasteiger partial charge on any atom is 0.373 e. The van der Waals surface area contributed by atoms with Crippen LogP contribution in [0.1, 0.15) is 37.5 Å². The van der Waals surface area contributed by atoms with Crippen LogP contribution in [0.3, 0.4) is 0 Å². The Morgan fingerprint density at radius 1 is 0.517 bits per heavy atom. The Balaban J connectivity index is 0.000000687. The zero-order valence-electron chi connectivity index (χ0n) is 17.1. The third-order valence-corrected chi connectivity index (χ3v) is 6.93. The van der Waals surface area contributed by atoms with Gasteiger partial charge in [0.05, 0.1) is 0 Å². The molecule has 29 heavy (non-hydrogen) atoms.